The maximum atomic E-state index is 11.6. The number of carbonyl (C=O) groups excluding carboxylic acids is 3. The van der Waals surface area contributed by atoms with Crippen molar-refractivity contribution in [1.82, 2.24) is 0 Å². The fourth-order valence-corrected chi connectivity index (χ4v) is 3.19. The highest BCUT2D eigenvalue weighted by molar-refractivity contribution is 6.44. The molecule has 0 saturated carbocycles. The highest BCUT2D eigenvalue weighted by Gasteiger charge is 2.18. The highest BCUT2D eigenvalue weighted by Crippen LogP contribution is 2.40. The van der Waals surface area contributed by atoms with E-state index in [1.165, 1.54) is 18.2 Å². The van der Waals surface area contributed by atoms with E-state index in [4.69, 9.17) is 38.9 Å². The molecule has 1 aliphatic rings. The second kappa shape index (κ2) is 9.34. The predicted octanol–water partition coefficient (Wildman–Crippen LogP) is 3.58. The summed E-state index contributed by atoms with van der Waals surface area (Å²) in [6.07, 6.45) is -0.306. The number of nitrogens with two attached hydrogens (primary N) is 1. The number of nitrogens with one attached hydrogen (secondary N) is 2. The van der Waals surface area contributed by atoms with Crippen molar-refractivity contribution in [2.45, 2.75) is 12.8 Å². The highest BCUT2D eigenvalue weighted by atomic mass is 35.5. The van der Waals surface area contributed by atoms with Gasteiger partial charge < -0.3 is 20.5 Å². The van der Waals surface area contributed by atoms with Gasteiger partial charge in [-0.25, -0.2) is 9.59 Å². The standard InChI is InChI=1S/C19H13Cl2N5O5/c20-12-5-10(25-26-15(8-22)18(28)31-19(23)29)6-13(21)17(12)30-11-3-1-9-2-4-16(27)24-14(9)7-11/h1,3,5-7,25H,2,4H2,(H2,23,29)(H,24,27). The molecule has 0 radical (unpaired) electrons. The van der Waals surface area contributed by atoms with Gasteiger partial charge in [0.25, 0.3) is 0 Å². The van der Waals surface area contributed by atoms with Gasteiger partial charge in [-0.3, -0.25) is 10.2 Å². The third kappa shape index (κ3) is 5.42. The van der Waals surface area contributed by atoms with Crippen LogP contribution in [0.3, 0.4) is 0 Å². The molecule has 3 rings (SSSR count). The Balaban J connectivity index is 1.78. The Morgan fingerprint density at radius 3 is 2.55 bits per heavy atom. The minimum absolute atomic E-state index is 0.0758. The normalized spacial score (nSPS) is 12.8. The number of anilines is 2. The third-order valence-electron chi connectivity index (χ3n) is 3.98. The van der Waals surface area contributed by atoms with E-state index in [0.717, 1.165) is 5.56 Å². The van der Waals surface area contributed by atoms with E-state index in [1.807, 2.05) is 6.07 Å². The molecule has 2 aromatic rings. The fourth-order valence-electron chi connectivity index (χ4n) is 2.63. The average molecular weight is 462 g/mol. The number of aryl methyl sites for hydroxylation is 1. The van der Waals surface area contributed by atoms with Crippen LogP contribution >= 0.6 is 23.2 Å². The molecule has 2 aromatic carbocycles. The number of hydrazone groups is 1. The molecule has 0 spiro atoms. The molecular formula is C19H13Cl2N5O5. The summed E-state index contributed by atoms with van der Waals surface area (Å²) in [5.41, 5.74) is 8.25. The Labute approximate surface area is 185 Å². The van der Waals surface area contributed by atoms with E-state index in [9.17, 15) is 14.4 Å². The van der Waals surface area contributed by atoms with Crippen molar-refractivity contribution in [3.05, 3.63) is 45.9 Å². The van der Waals surface area contributed by atoms with Gasteiger partial charge >= 0.3 is 12.1 Å². The molecule has 1 heterocycles. The summed E-state index contributed by atoms with van der Waals surface area (Å²) in [6, 6.07) is 9.47. The number of ether oxygens (including phenoxy) is 2. The number of benzene rings is 2. The van der Waals surface area contributed by atoms with Crippen LogP contribution in [-0.4, -0.2) is 23.7 Å². The van der Waals surface area contributed by atoms with Crippen molar-refractivity contribution < 1.29 is 23.9 Å². The lowest BCUT2D eigenvalue weighted by Gasteiger charge is -2.18. The number of fused-ring (bicyclic) bond motifs is 1. The summed E-state index contributed by atoms with van der Waals surface area (Å²) < 4.78 is 9.85. The SMILES string of the molecule is N#CC(=NNc1cc(Cl)c(Oc2ccc3c(c2)NC(=O)CC3)c(Cl)c1)C(=O)OC(N)=O. The molecular weight excluding hydrogens is 449 g/mol. The van der Waals surface area contributed by atoms with E-state index in [2.05, 4.69) is 20.6 Å². The Morgan fingerprint density at radius 2 is 1.90 bits per heavy atom. The lowest BCUT2D eigenvalue weighted by molar-refractivity contribution is -0.129. The molecule has 0 aliphatic carbocycles. The lowest BCUT2D eigenvalue weighted by atomic mass is 10.0. The second-order valence-electron chi connectivity index (χ2n) is 6.13. The summed E-state index contributed by atoms with van der Waals surface area (Å²) in [5.74, 6) is -0.842. The molecule has 4 N–H and O–H groups in total. The van der Waals surface area contributed by atoms with Gasteiger partial charge in [0.05, 0.1) is 15.7 Å². The first-order valence-corrected chi connectivity index (χ1v) is 9.37. The van der Waals surface area contributed by atoms with Crippen LogP contribution in [0.5, 0.6) is 11.5 Å². The molecule has 1 aliphatic heterocycles. The molecule has 10 nitrogen and oxygen atoms in total. The van der Waals surface area contributed by atoms with E-state index in [0.29, 0.717) is 24.3 Å². The first kappa shape index (κ1) is 21.9. The number of amides is 2. The van der Waals surface area contributed by atoms with Crippen LogP contribution in [-0.2, 0) is 20.7 Å². The van der Waals surface area contributed by atoms with Gasteiger partial charge in [-0.2, -0.15) is 10.4 Å². The van der Waals surface area contributed by atoms with Gasteiger partial charge in [-0.05, 0) is 30.2 Å². The Kier molecular flexibility index (Phi) is 6.59. The van der Waals surface area contributed by atoms with Crippen LogP contribution in [0.1, 0.15) is 12.0 Å². The van der Waals surface area contributed by atoms with E-state index >= 15 is 0 Å². The molecule has 0 fully saturated rings. The summed E-state index contributed by atoms with van der Waals surface area (Å²) in [5, 5.41) is 15.5. The predicted molar refractivity (Wildman–Crippen MR) is 112 cm³/mol. The summed E-state index contributed by atoms with van der Waals surface area (Å²) in [7, 11) is 0. The number of carbonyl (C=O) groups is 3. The molecule has 0 bridgehead atoms. The monoisotopic (exact) mass is 461 g/mol. The molecule has 0 unspecified atom stereocenters. The van der Waals surface area contributed by atoms with Crippen LogP contribution in [0.4, 0.5) is 16.2 Å². The first-order valence-electron chi connectivity index (χ1n) is 8.62. The number of primary amides is 1. The van der Waals surface area contributed by atoms with Crippen LogP contribution in [0.15, 0.2) is 35.4 Å². The molecule has 158 valence electrons. The van der Waals surface area contributed by atoms with Crippen molar-refractivity contribution in [1.29, 1.82) is 5.26 Å². The van der Waals surface area contributed by atoms with Gasteiger partial charge in [-0.1, -0.05) is 29.3 Å². The largest absolute Gasteiger partial charge is 0.454 e. The Morgan fingerprint density at radius 1 is 1.19 bits per heavy atom. The maximum Gasteiger partial charge on any atom is 0.412 e. The van der Waals surface area contributed by atoms with Crippen LogP contribution in [0.25, 0.3) is 0 Å². The average Bonchev–Trinajstić information content (AvgIpc) is 2.70. The van der Waals surface area contributed by atoms with Crippen molar-refractivity contribution in [2.24, 2.45) is 10.8 Å². The molecule has 0 aromatic heterocycles. The minimum atomic E-state index is -1.37. The van der Waals surface area contributed by atoms with E-state index < -0.39 is 17.8 Å². The topological polar surface area (TPSA) is 156 Å². The Hall–Kier alpha value is -3.81. The molecule has 31 heavy (non-hydrogen) atoms. The molecule has 12 heteroatoms. The minimum Gasteiger partial charge on any atom is -0.454 e. The van der Waals surface area contributed by atoms with Crippen molar-refractivity contribution in [3.63, 3.8) is 0 Å². The number of nitrogens with zero attached hydrogens (tertiary/aromatic N) is 2. The van der Waals surface area contributed by atoms with E-state index in [1.54, 1.807) is 12.1 Å². The van der Waals surface area contributed by atoms with Gasteiger partial charge in [0.15, 0.2) is 5.75 Å². The first-order chi connectivity index (χ1) is 14.8. The molecule has 0 saturated heterocycles. The van der Waals surface area contributed by atoms with Crippen molar-refractivity contribution >= 4 is 58.3 Å². The van der Waals surface area contributed by atoms with Gasteiger partial charge in [0, 0.05) is 18.2 Å². The maximum absolute atomic E-state index is 11.6. The van der Waals surface area contributed by atoms with Crippen molar-refractivity contribution in [2.75, 3.05) is 10.7 Å². The fraction of sp³-hybridized carbons (Fsp3) is 0.105. The second-order valence-corrected chi connectivity index (χ2v) is 6.95. The van der Waals surface area contributed by atoms with Gasteiger partial charge in [0.2, 0.25) is 11.6 Å². The quantitative estimate of drug-likeness (QED) is 0.265. The van der Waals surface area contributed by atoms with Crippen molar-refractivity contribution in [3.8, 4) is 17.6 Å². The summed E-state index contributed by atoms with van der Waals surface area (Å²) >= 11 is 12.5. The smallest absolute Gasteiger partial charge is 0.412 e. The summed E-state index contributed by atoms with van der Waals surface area (Å²) in [6.45, 7) is 0. The van der Waals surface area contributed by atoms with Gasteiger partial charge in [-0.15, -0.1) is 0 Å². The van der Waals surface area contributed by atoms with Crippen LogP contribution < -0.4 is 21.2 Å². The number of hydrogen-bond donors (Lipinski definition) is 3. The number of halogens is 2. The van der Waals surface area contributed by atoms with Crippen LogP contribution in [0.2, 0.25) is 10.0 Å². The van der Waals surface area contributed by atoms with Gasteiger partial charge in [0.1, 0.15) is 11.8 Å². The number of nitriles is 1. The zero-order valence-electron chi connectivity index (χ0n) is 15.6. The summed E-state index contributed by atoms with van der Waals surface area (Å²) in [4.78, 5) is 33.7. The number of esters is 1. The zero-order valence-corrected chi connectivity index (χ0v) is 17.1. The molecule has 2 amide bonds. The zero-order chi connectivity index (χ0) is 22.5. The Bertz CT molecular complexity index is 1140. The van der Waals surface area contributed by atoms with E-state index in [-0.39, 0.29) is 27.4 Å². The third-order valence-corrected chi connectivity index (χ3v) is 4.55. The number of hydrogen-bond acceptors (Lipinski definition) is 8. The molecule has 0 atom stereocenters. The number of rotatable bonds is 5. The van der Waals surface area contributed by atoms with Crippen LogP contribution in [0, 0.1) is 11.3 Å². The lowest BCUT2D eigenvalue weighted by Crippen LogP contribution is -2.24.